The lowest BCUT2D eigenvalue weighted by atomic mass is 10.1. The number of carbonyl (C=O) groups is 1. The molecule has 0 saturated heterocycles. The van der Waals surface area contributed by atoms with Crippen molar-refractivity contribution in [2.75, 3.05) is 14.2 Å². The molecule has 3 rings (SSSR count). The van der Waals surface area contributed by atoms with Crippen LogP contribution in [-0.4, -0.2) is 25.1 Å². The van der Waals surface area contributed by atoms with Gasteiger partial charge in [0.1, 0.15) is 21.7 Å². The zero-order chi connectivity index (χ0) is 21.0. The number of aryl methyl sites for hydroxylation is 1. The minimum Gasteiger partial charge on any atom is -0.493 e. The van der Waals surface area contributed by atoms with Gasteiger partial charge < -0.3 is 14.8 Å². The van der Waals surface area contributed by atoms with E-state index in [1.54, 1.807) is 39.3 Å². The molecule has 0 radical (unpaired) electrons. The van der Waals surface area contributed by atoms with E-state index in [1.165, 1.54) is 29.5 Å². The van der Waals surface area contributed by atoms with Crippen molar-refractivity contribution < 1.29 is 18.7 Å². The number of rotatable bonds is 6. The number of methoxy groups -OCH3 is 2. The molecule has 0 fully saturated rings. The summed E-state index contributed by atoms with van der Waals surface area (Å²) >= 11 is 1.18. The molecule has 0 spiro atoms. The van der Waals surface area contributed by atoms with Crippen LogP contribution < -0.4 is 14.8 Å². The molecule has 0 aliphatic heterocycles. The van der Waals surface area contributed by atoms with E-state index in [9.17, 15) is 14.4 Å². The van der Waals surface area contributed by atoms with Crippen LogP contribution in [0.15, 0.2) is 42.5 Å². The predicted molar refractivity (Wildman–Crippen MR) is 108 cm³/mol. The molecule has 1 aromatic heterocycles. The van der Waals surface area contributed by atoms with Gasteiger partial charge in [0, 0.05) is 11.1 Å². The molecule has 1 N–H and O–H groups in total. The van der Waals surface area contributed by atoms with Crippen molar-refractivity contribution in [3.8, 4) is 28.1 Å². The van der Waals surface area contributed by atoms with Gasteiger partial charge in [0.2, 0.25) is 0 Å². The van der Waals surface area contributed by atoms with Crippen LogP contribution in [0.2, 0.25) is 0 Å². The summed E-state index contributed by atoms with van der Waals surface area (Å²) in [5.74, 6) is 0.102. The average molecular weight is 411 g/mol. The van der Waals surface area contributed by atoms with Gasteiger partial charge in [0.15, 0.2) is 11.5 Å². The van der Waals surface area contributed by atoms with E-state index in [2.05, 4.69) is 10.3 Å². The maximum absolute atomic E-state index is 14.0. The molecular formula is C21H18FN3O3S. The van der Waals surface area contributed by atoms with E-state index in [-0.39, 0.29) is 5.56 Å². The Morgan fingerprint density at radius 3 is 2.59 bits per heavy atom. The Bertz CT molecular complexity index is 1090. The minimum atomic E-state index is -1.10. The van der Waals surface area contributed by atoms with Crippen LogP contribution in [0.3, 0.4) is 0 Å². The van der Waals surface area contributed by atoms with Gasteiger partial charge in [-0.1, -0.05) is 18.2 Å². The maximum atomic E-state index is 14.0. The highest BCUT2D eigenvalue weighted by molar-refractivity contribution is 7.17. The molecule has 1 unspecified atom stereocenters. The van der Waals surface area contributed by atoms with Gasteiger partial charge in [-0.3, -0.25) is 4.79 Å². The first-order valence-corrected chi connectivity index (χ1v) is 9.44. The van der Waals surface area contributed by atoms with Crippen molar-refractivity contribution in [2.45, 2.75) is 13.0 Å². The summed E-state index contributed by atoms with van der Waals surface area (Å²) < 4.78 is 24.5. The van der Waals surface area contributed by atoms with Gasteiger partial charge in [-0.25, -0.2) is 9.37 Å². The Labute approximate surface area is 171 Å². The first kappa shape index (κ1) is 20.3. The number of nitriles is 1. The van der Waals surface area contributed by atoms with E-state index >= 15 is 0 Å². The highest BCUT2D eigenvalue weighted by Crippen LogP contribution is 2.35. The molecule has 1 amide bonds. The fourth-order valence-corrected chi connectivity index (χ4v) is 3.75. The van der Waals surface area contributed by atoms with E-state index in [4.69, 9.17) is 9.47 Å². The molecule has 8 heteroatoms. The number of benzene rings is 2. The molecule has 0 bridgehead atoms. The third-order valence-corrected chi connectivity index (χ3v) is 5.46. The number of carbonyl (C=O) groups excluding carboxylic acids is 1. The first-order valence-electron chi connectivity index (χ1n) is 8.63. The van der Waals surface area contributed by atoms with E-state index in [1.807, 2.05) is 12.1 Å². The van der Waals surface area contributed by atoms with Crippen LogP contribution in [0.4, 0.5) is 4.39 Å². The molecule has 1 heterocycles. The third kappa shape index (κ3) is 4.20. The Morgan fingerprint density at radius 2 is 1.93 bits per heavy atom. The summed E-state index contributed by atoms with van der Waals surface area (Å²) in [5.41, 5.74) is 1.40. The second kappa shape index (κ2) is 8.71. The Kier molecular flexibility index (Phi) is 6.10. The van der Waals surface area contributed by atoms with E-state index in [0.29, 0.717) is 27.1 Å². The van der Waals surface area contributed by atoms with Crippen LogP contribution in [0.25, 0.3) is 10.6 Å². The third-order valence-electron chi connectivity index (χ3n) is 4.25. The highest BCUT2D eigenvalue weighted by atomic mass is 32.1. The number of nitrogens with zero attached hydrogens (tertiary/aromatic N) is 2. The standard InChI is InChI=1S/C21H18FN3O3S/c1-12-19(20(26)25-16(11-23)14-6-4-5-7-15(14)22)29-21(24-12)13-8-9-17(27-2)18(10-13)28-3/h4-10,16H,1-3H3,(H,25,26). The van der Waals surface area contributed by atoms with E-state index < -0.39 is 17.8 Å². The number of amides is 1. The summed E-state index contributed by atoms with van der Waals surface area (Å²) in [6.45, 7) is 1.71. The number of hydrogen-bond donors (Lipinski definition) is 1. The molecule has 148 valence electrons. The Balaban J connectivity index is 1.87. The summed E-state index contributed by atoms with van der Waals surface area (Å²) in [6, 6.07) is 12.0. The minimum absolute atomic E-state index is 0.116. The number of thiazole rings is 1. The topological polar surface area (TPSA) is 84.2 Å². The van der Waals surface area contributed by atoms with Gasteiger partial charge in [-0.05, 0) is 31.2 Å². The fraction of sp³-hybridized carbons (Fsp3) is 0.190. The lowest BCUT2D eigenvalue weighted by Gasteiger charge is -2.12. The summed E-state index contributed by atoms with van der Waals surface area (Å²) in [6.07, 6.45) is 0. The van der Waals surface area contributed by atoms with Crippen molar-refractivity contribution in [2.24, 2.45) is 0 Å². The van der Waals surface area contributed by atoms with Gasteiger partial charge in [-0.2, -0.15) is 5.26 Å². The van der Waals surface area contributed by atoms with Crippen molar-refractivity contribution >= 4 is 17.2 Å². The molecule has 2 aromatic carbocycles. The Hall–Kier alpha value is -3.44. The summed E-state index contributed by atoms with van der Waals surface area (Å²) in [4.78, 5) is 17.5. The first-order chi connectivity index (χ1) is 14.0. The lowest BCUT2D eigenvalue weighted by Crippen LogP contribution is -2.28. The molecule has 6 nitrogen and oxygen atoms in total. The fourth-order valence-electron chi connectivity index (χ4n) is 2.79. The zero-order valence-electron chi connectivity index (χ0n) is 16.0. The van der Waals surface area contributed by atoms with Crippen LogP contribution in [0, 0.1) is 24.1 Å². The number of halogens is 1. The van der Waals surface area contributed by atoms with Gasteiger partial charge in [0.25, 0.3) is 5.91 Å². The average Bonchev–Trinajstić information content (AvgIpc) is 3.13. The molecular weight excluding hydrogens is 393 g/mol. The predicted octanol–water partition coefficient (Wildman–Crippen LogP) is 4.27. The van der Waals surface area contributed by atoms with E-state index in [0.717, 1.165) is 5.56 Å². The normalized spacial score (nSPS) is 11.4. The van der Waals surface area contributed by atoms with Crippen LogP contribution in [0.1, 0.15) is 27.0 Å². The molecule has 3 aromatic rings. The summed E-state index contributed by atoms with van der Waals surface area (Å²) in [7, 11) is 3.09. The highest BCUT2D eigenvalue weighted by Gasteiger charge is 2.22. The van der Waals surface area contributed by atoms with Crippen LogP contribution in [0.5, 0.6) is 11.5 Å². The van der Waals surface area contributed by atoms with Crippen molar-refractivity contribution in [3.63, 3.8) is 0 Å². The largest absolute Gasteiger partial charge is 0.493 e. The lowest BCUT2D eigenvalue weighted by molar-refractivity contribution is 0.0948. The van der Waals surface area contributed by atoms with Crippen LogP contribution in [-0.2, 0) is 0 Å². The smallest absolute Gasteiger partial charge is 0.264 e. The number of hydrogen-bond acceptors (Lipinski definition) is 6. The maximum Gasteiger partial charge on any atom is 0.264 e. The second-order valence-corrected chi connectivity index (χ2v) is 7.06. The van der Waals surface area contributed by atoms with Gasteiger partial charge in [-0.15, -0.1) is 11.3 Å². The quantitative estimate of drug-likeness (QED) is 0.655. The summed E-state index contributed by atoms with van der Waals surface area (Å²) in [5, 5.41) is 12.6. The van der Waals surface area contributed by atoms with Crippen LogP contribution >= 0.6 is 11.3 Å². The number of nitrogens with one attached hydrogen (secondary N) is 1. The molecule has 1 atom stereocenters. The number of ether oxygens (including phenoxy) is 2. The number of aromatic nitrogens is 1. The van der Waals surface area contributed by atoms with Gasteiger partial charge >= 0.3 is 0 Å². The van der Waals surface area contributed by atoms with Gasteiger partial charge in [0.05, 0.1) is 26.0 Å². The molecule has 0 aliphatic rings. The van der Waals surface area contributed by atoms with Crippen molar-refractivity contribution in [1.29, 1.82) is 5.26 Å². The second-order valence-electron chi connectivity index (χ2n) is 6.06. The molecule has 0 saturated carbocycles. The van der Waals surface area contributed by atoms with Crippen molar-refractivity contribution in [3.05, 3.63) is 64.4 Å². The molecule has 29 heavy (non-hydrogen) atoms. The Morgan fingerprint density at radius 1 is 1.21 bits per heavy atom. The zero-order valence-corrected chi connectivity index (χ0v) is 16.8. The SMILES string of the molecule is COc1ccc(-c2nc(C)c(C(=O)NC(C#N)c3ccccc3F)s2)cc1OC. The monoisotopic (exact) mass is 411 g/mol. The molecule has 0 aliphatic carbocycles. The van der Waals surface area contributed by atoms with Crippen molar-refractivity contribution in [1.82, 2.24) is 10.3 Å².